The molecule has 314 valence electrons. The maximum atomic E-state index is 14.9. The summed E-state index contributed by atoms with van der Waals surface area (Å²) in [6.45, 7) is 5.40. The van der Waals surface area contributed by atoms with Crippen molar-refractivity contribution in [3.05, 3.63) is 170 Å². The second kappa shape index (κ2) is 17.0. The number of carbonyl (C=O) groups excluding carboxylic acids is 2. The molecule has 2 bridgehead atoms. The highest BCUT2D eigenvalue weighted by atomic mass is 16.6. The number of fused-ring (bicyclic) bond motifs is 11. The van der Waals surface area contributed by atoms with Crippen LogP contribution in [0.1, 0.15) is 123 Å². The highest BCUT2D eigenvalue weighted by Crippen LogP contribution is 2.53. The fourth-order valence-electron chi connectivity index (χ4n) is 10.5. The number of rotatable bonds is 5. The van der Waals surface area contributed by atoms with Crippen molar-refractivity contribution < 1.29 is 33.3 Å². The average Bonchev–Trinajstić information content (AvgIpc) is 3.81. The summed E-state index contributed by atoms with van der Waals surface area (Å²) in [6.07, 6.45) is 8.78. The van der Waals surface area contributed by atoms with Crippen molar-refractivity contribution in [2.24, 2.45) is 11.8 Å². The van der Waals surface area contributed by atoms with E-state index in [-0.39, 0.29) is 35.7 Å². The van der Waals surface area contributed by atoms with E-state index < -0.39 is 42.0 Å². The van der Waals surface area contributed by atoms with Crippen LogP contribution in [-0.4, -0.2) is 28.8 Å². The molecular weight excluding hydrogens is 765 g/mol. The minimum Gasteiger partial charge on any atom is -0.483 e. The molecule has 1 saturated carbocycles. The minimum atomic E-state index is -1.17. The highest BCUT2D eigenvalue weighted by molar-refractivity contribution is 5.90. The van der Waals surface area contributed by atoms with Crippen molar-refractivity contribution >= 4 is 22.9 Å². The normalized spacial score (nSPS) is 25.6. The SMILES string of the molecule is CC(C)=C1CCc2ccc(cc2)[C@H]2C=C[C@@H](c3cccc(Cc4ccccc4)c3)C[C@H]2CC(=O)O[C@H]2c3c(ccc4c(CO)cc(=O)oc34)O[C@@](C)(C3CCCC3)[C@H]2OC1=O. The maximum Gasteiger partial charge on any atom is 0.336 e. The Bertz CT molecular complexity index is 2560. The van der Waals surface area contributed by atoms with E-state index in [1.165, 1.54) is 22.8 Å². The van der Waals surface area contributed by atoms with Gasteiger partial charge in [0.05, 0.1) is 12.2 Å². The van der Waals surface area contributed by atoms with E-state index in [0.717, 1.165) is 55.2 Å². The number of ether oxygens (including phenoxy) is 3. The van der Waals surface area contributed by atoms with Gasteiger partial charge < -0.3 is 23.7 Å². The fourth-order valence-corrected chi connectivity index (χ4v) is 10.5. The summed E-state index contributed by atoms with van der Waals surface area (Å²) in [6, 6.07) is 32.6. The summed E-state index contributed by atoms with van der Waals surface area (Å²) in [7, 11) is 0. The predicted molar refractivity (Wildman–Crippen MR) is 234 cm³/mol. The van der Waals surface area contributed by atoms with E-state index in [1.807, 2.05) is 26.8 Å². The zero-order valence-electron chi connectivity index (χ0n) is 35.2. The summed E-state index contributed by atoms with van der Waals surface area (Å²) in [4.78, 5) is 42.5. The Morgan fingerprint density at radius 2 is 1.57 bits per heavy atom. The smallest absolute Gasteiger partial charge is 0.336 e. The molecule has 8 heteroatoms. The number of benzene rings is 4. The van der Waals surface area contributed by atoms with Crippen molar-refractivity contribution in [2.45, 2.75) is 115 Å². The molecule has 1 aromatic heterocycles. The number of aryl methyl sites for hydroxylation is 1. The molecule has 2 aliphatic carbocycles. The van der Waals surface area contributed by atoms with Gasteiger partial charge in [-0.05, 0) is 111 Å². The van der Waals surface area contributed by atoms with Crippen molar-refractivity contribution in [1.82, 2.24) is 0 Å². The topological polar surface area (TPSA) is 112 Å². The molecule has 4 aromatic carbocycles. The van der Waals surface area contributed by atoms with Gasteiger partial charge in [-0.15, -0.1) is 0 Å². The van der Waals surface area contributed by atoms with Crippen LogP contribution in [-0.2, 0) is 38.5 Å². The third-order valence-corrected chi connectivity index (χ3v) is 13.8. The number of aliphatic hydroxyl groups is 1. The molecule has 0 unspecified atom stereocenters. The van der Waals surface area contributed by atoms with Crippen LogP contribution in [0.4, 0.5) is 0 Å². The Balaban J connectivity index is 1.15. The van der Waals surface area contributed by atoms with E-state index in [1.54, 1.807) is 12.1 Å². The number of hydrogen-bond donors (Lipinski definition) is 1. The first kappa shape index (κ1) is 40.7. The first-order valence-electron chi connectivity index (χ1n) is 21.9. The van der Waals surface area contributed by atoms with Gasteiger partial charge in [0.25, 0.3) is 0 Å². The van der Waals surface area contributed by atoms with Gasteiger partial charge in [0.1, 0.15) is 16.9 Å². The van der Waals surface area contributed by atoms with Gasteiger partial charge in [-0.3, -0.25) is 4.79 Å². The third-order valence-electron chi connectivity index (χ3n) is 13.8. The molecule has 1 fully saturated rings. The number of aliphatic hydroxyl groups excluding tert-OH is 1. The number of carbonyl (C=O) groups is 2. The molecule has 5 aromatic rings. The Kier molecular flexibility index (Phi) is 11.3. The lowest BCUT2D eigenvalue weighted by Gasteiger charge is -2.48. The molecular formula is C53H54O8. The van der Waals surface area contributed by atoms with E-state index in [9.17, 15) is 19.5 Å². The number of hydrogen-bond acceptors (Lipinski definition) is 8. The monoisotopic (exact) mass is 818 g/mol. The van der Waals surface area contributed by atoms with Crippen LogP contribution in [0.2, 0.25) is 0 Å². The van der Waals surface area contributed by atoms with E-state index in [0.29, 0.717) is 40.7 Å². The molecule has 3 aliphatic heterocycles. The second-order valence-electron chi connectivity index (χ2n) is 18.0. The Hall–Kier alpha value is -5.73. The average molecular weight is 819 g/mol. The molecule has 10 rings (SSSR count). The van der Waals surface area contributed by atoms with E-state index in [4.69, 9.17) is 18.6 Å². The van der Waals surface area contributed by atoms with Gasteiger partial charge in [0.15, 0.2) is 12.2 Å². The van der Waals surface area contributed by atoms with Gasteiger partial charge >= 0.3 is 17.6 Å². The number of esters is 2. The van der Waals surface area contributed by atoms with Crippen LogP contribution in [0.5, 0.6) is 5.75 Å². The molecule has 0 amide bonds. The summed E-state index contributed by atoms with van der Waals surface area (Å²) in [5.41, 5.74) is 6.43. The van der Waals surface area contributed by atoms with Crippen LogP contribution >= 0.6 is 0 Å². The third kappa shape index (κ3) is 8.10. The lowest BCUT2D eigenvalue weighted by atomic mass is 9.72. The zero-order valence-corrected chi connectivity index (χ0v) is 35.2. The number of allylic oxidation sites excluding steroid dienone is 3. The molecule has 0 radical (unpaired) electrons. The van der Waals surface area contributed by atoms with Gasteiger partial charge in [0.2, 0.25) is 0 Å². The maximum absolute atomic E-state index is 14.9. The quantitative estimate of drug-likeness (QED) is 0.0808. The largest absolute Gasteiger partial charge is 0.483 e. The molecule has 0 spiro atoms. The van der Waals surface area contributed by atoms with Crippen LogP contribution < -0.4 is 10.4 Å². The molecule has 1 N–H and O–H groups in total. The molecule has 8 nitrogen and oxygen atoms in total. The second-order valence-corrected chi connectivity index (χ2v) is 18.0. The Morgan fingerprint density at radius 1 is 0.803 bits per heavy atom. The van der Waals surface area contributed by atoms with Crippen LogP contribution in [0.25, 0.3) is 11.0 Å². The van der Waals surface area contributed by atoms with Crippen LogP contribution in [0.3, 0.4) is 0 Å². The fraction of sp³-hybridized carbons (Fsp3) is 0.377. The van der Waals surface area contributed by atoms with Crippen molar-refractivity contribution in [3.8, 4) is 5.75 Å². The zero-order chi connectivity index (χ0) is 42.3. The standard InChI is InChI=1S/C53H54O8/c1-32(2)42-22-18-33-16-19-36(20-17-33)43-23-21-38(37-13-9-12-35(27-37)26-34-10-5-4-6-11-34)28-39(43)29-46(55)59-50-48-45(25-24-44-40(31-54)30-47(56)58-49(44)48)61-53(3,41-14-7-8-15-41)51(50)60-52(42)57/h4-6,9-13,16-17,19-21,23-25,27,30,38-39,41,43,50-51,54H,7-8,14-15,18,22,26,28-29,31H2,1-3H3/t38-,39+,43-,50+,51+,53+/m1/s1. The Morgan fingerprint density at radius 3 is 2.33 bits per heavy atom. The van der Waals surface area contributed by atoms with Gasteiger partial charge in [0, 0.05) is 41.2 Å². The first-order valence-corrected chi connectivity index (χ1v) is 21.9. The molecule has 6 atom stereocenters. The summed E-state index contributed by atoms with van der Waals surface area (Å²) >= 11 is 0. The summed E-state index contributed by atoms with van der Waals surface area (Å²) in [5.74, 6) is -0.625. The molecule has 61 heavy (non-hydrogen) atoms. The molecule has 0 saturated heterocycles. The lowest BCUT2D eigenvalue weighted by Crippen LogP contribution is -2.58. The molecule has 5 aliphatic rings. The van der Waals surface area contributed by atoms with E-state index in [2.05, 4.69) is 84.9 Å². The van der Waals surface area contributed by atoms with Gasteiger partial charge in [-0.25, -0.2) is 9.59 Å². The summed E-state index contributed by atoms with van der Waals surface area (Å²) < 4.78 is 26.3. The molecule has 4 heterocycles. The van der Waals surface area contributed by atoms with Crippen molar-refractivity contribution in [3.63, 3.8) is 0 Å². The Labute approximate surface area is 357 Å². The predicted octanol–water partition coefficient (Wildman–Crippen LogP) is 10.5. The van der Waals surface area contributed by atoms with Crippen molar-refractivity contribution in [1.29, 1.82) is 0 Å². The summed E-state index contributed by atoms with van der Waals surface area (Å²) in [5, 5.41) is 10.8. The van der Waals surface area contributed by atoms with E-state index >= 15 is 0 Å². The van der Waals surface area contributed by atoms with Crippen LogP contribution in [0, 0.1) is 11.8 Å². The first-order chi connectivity index (χ1) is 29.6. The lowest BCUT2D eigenvalue weighted by molar-refractivity contribution is -0.199. The van der Waals surface area contributed by atoms with Crippen molar-refractivity contribution in [2.75, 3.05) is 0 Å². The van der Waals surface area contributed by atoms with Crippen LogP contribution in [0.15, 0.2) is 130 Å². The highest BCUT2D eigenvalue weighted by Gasteiger charge is 2.57. The van der Waals surface area contributed by atoms with Gasteiger partial charge in [-0.2, -0.15) is 0 Å². The minimum absolute atomic E-state index is 0.00359. The van der Waals surface area contributed by atoms with Gasteiger partial charge in [-0.1, -0.05) is 109 Å².